The monoisotopic (exact) mass is 373 g/mol. The first-order valence-corrected chi connectivity index (χ1v) is 9.27. The average Bonchev–Trinajstić information content (AvgIpc) is 3.15. The molecule has 2 amide bonds. The van der Waals surface area contributed by atoms with Gasteiger partial charge in [-0.05, 0) is 37.1 Å². The molecule has 0 bridgehead atoms. The Balaban J connectivity index is 1.62. The van der Waals surface area contributed by atoms with Crippen LogP contribution < -0.4 is 10.6 Å². The number of hydrogen-bond donors (Lipinski definition) is 3. The number of anilines is 2. The predicted octanol–water partition coefficient (Wildman–Crippen LogP) is 3.22. The van der Waals surface area contributed by atoms with Gasteiger partial charge in [0.05, 0.1) is 11.8 Å². The van der Waals surface area contributed by atoms with Gasteiger partial charge in [-0.2, -0.15) is 0 Å². The maximum absolute atomic E-state index is 12.5. The molecular weight excluding hydrogens is 354 g/mol. The fraction of sp³-hybridized carbons (Fsp3) is 0.333. The Morgan fingerprint density at radius 3 is 2.35 bits per heavy atom. The van der Waals surface area contributed by atoms with E-state index in [1.807, 2.05) is 0 Å². The molecule has 0 spiro atoms. The molecule has 8 heteroatoms. The van der Waals surface area contributed by atoms with Gasteiger partial charge in [0.2, 0.25) is 5.91 Å². The highest BCUT2D eigenvalue weighted by molar-refractivity contribution is 7.13. The van der Waals surface area contributed by atoms with Crippen LogP contribution in [0.4, 0.5) is 10.8 Å². The zero-order chi connectivity index (χ0) is 18.5. The van der Waals surface area contributed by atoms with E-state index in [4.69, 9.17) is 0 Å². The van der Waals surface area contributed by atoms with E-state index in [0.29, 0.717) is 29.2 Å². The second kappa shape index (κ2) is 8.09. The molecule has 1 heterocycles. The van der Waals surface area contributed by atoms with Crippen LogP contribution >= 0.6 is 11.3 Å². The van der Waals surface area contributed by atoms with Gasteiger partial charge in [0, 0.05) is 22.8 Å². The van der Waals surface area contributed by atoms with E-state index in [-0.39, 0.29) is 11.8 Å². The smallest absolute Gasteiger partial charge is 0.307 e. The Morgan fingerprint density at radius 1 is 1.04 bits per heavy atom. The molecule has 0 radical (unpaired) electrons. The van der Waals surface area contributed by atoms with E-state index in [2.05, 4.69) is 15.6 Å². The summed E-state index contributed by atoms with van der Waals surface area (Å²) in [6.07, 6.45) is 4.41. The van der Waals surface area contributed by atoms with Gasteiger partial charge in [0.1, 0.15) is 0 Å². The minimum absolute atomic E-state index is 0.280. The van der Waals surface area contributed by atoms with E-state index in [1.54, 1.807) is 35.8 Å². The quantitative estimate of drug-likeness (QED) is 0.746. The van der Waals surface area contributed by atoms with E-state index >= 15 is 0 Å². The standard InChI is InChI=1S/C18H19N3O4S/c22-15(21-18-19-9-10-26-18)11-5-7-12(8-6-11)20-16(23)13-3-1-2-4-14(13)17(24)25/h5-10,13-14H,1-4H2,(H,20,23)(H,24,25)(H,19,21,22)/t13-,14+/m1/s1. The van der Waals surface area contributed by atoms with Gasteiger partial charge < -0.3 is 10.4 Å². The van der Waals surface area contributed by atoms with Gasteiger partial charge in [-0.3, -0.25) is 19.7 Å². The second-order valence-corrected chi connectivity index (χ2v) is 7.09. The lowest BCUT2D eigenvalue weighted by Gasteiger charge is -2.27. The SMILES string of the molecule is O=C(Nc1nccs1)c1ccc(NC(=O)[C@@H]2CCCC[C@@H]2C(=O)O)cc1. The molecule has 0 saturated heterocycles. The predicted molar refractivity (Wildman–Crippen MR) is 98.2 cm³/mol. The van der Waals surface area contributed by atoms with Crippen molar-refractivity contribution in [1.82, 2.24) is 4.98 Å². The number of aromatic nitrogens is 1. The molecule has 2 atom stereocenters. The first-order valence-electron chi connectivity index (χ1n) is 8.39. The fourth-order valence-corrected chi connectivity index (χ4v) is 3.66. The van der Waals surface area contributed by atoms with E-state index in [1.165, 1.54) is 11.3 Å². The highest BCUT2D eigenvalue weighted by Gasteiger charge is 2.35. The summed E-state index contributed by atoms with van der Waals surface area (Å²) in [5, 5.41) is 17.0. The Hall–Kier alpha value is -2.74. The molecule has 1 aliphatic rings. The lowest BCUT2D eigenvalue weighted by Crippen LogP contribution is -2.36. The summed E-state index contributed by atoms with van der Waals surface area (Å²) in [5.41, 5.74) is 0.981. The molecule has 0 unspecified atom stereocenters. The topological polar surface area (TPSA) is 108 Å². The van der Waals surface area contributed by atoms with Gasteiger partial charge in [0.15, 0.2) is 5.13 Å². The number of rotatable bonds is 5. The van der Waals surface area contributed by atoms with Gasteiger partial charge in [-0.25, -0.2) is 4.98 Å². The highest BCUT2D eigenvalue weighted by atomic mass is 32.1. The highest BCUT2D eigenvalue weighted by Crippen LogP contribution is 2.31. The minimum Gasteiger partial charge on any atom is -0.481 e. The summed E-state index contributed by atoms with van der Waals surface area (Å²) in [7, 11) is 0. The molecule has 1 aromatic heterocycles. The largest absolute Gasteiger partial charge is 0.481 e. The van der Waals surface area contributed by atoms with Crippen molar-refractivity contribution in [3.8, 4) is 0 Å². The average molecular weight is 373 g/mol. The molecule has 2 aromatic rings. The van der Waals surface area contributed by atoms with Crippen LogP contribution in [-0.4, -0.2) is 27.9 Å². The van der Waals surface area contributed by atoms with Crippen LogP contribution in [0.1, 0.15) is 36.0 Å². The maximum atomic E-state index is 12.5. The Bertz CT molecular complexity index is 789. The van der Waals surface area contributed by atoms with Crippen LogP contribution in [0.3, 0.4) is 0 Å². The van der Waals surface area contributed by atoms with Crippen LogP contribution in [0, 0.1) is 11.8 Å². The summed E-state index contributed by atoms with van der Waals surface area (Å²) in [6.45, 7) is 0. The second-order valence-electron chi connectivity index (χ2n) is 6.19. The van der Waals surface area contributed by atoms with Gasteiger partial charge in [-0.15, -0.1) is 11.3 Å². The minimum atomic E-state index is -0.918. The molecule has 1 saturated carbocycles. The van der Waals surface area contributed by atoms with Crippen molar-refractivity contribution in [3.05, 3.63) is 41.4 Å². The molecule has 3 rings (SSSR count). The van der Waals surface area contributed by atoms with Crippen molar-refractivity contribution in [2.75, 3.05) is 10.6 Å². The number of hydrogen-bond acceptors (Lipinski definition) is 5. The molecule has 1 aliphatic carbocycles. The van der Waals surface area contributed by atoms with Crippen LogP contribution in [0.15, 0.2) is 35.8 Å². The number of carbonyl (C=O) groups is 3. The zero-order valence-electron chi connectivity index (χ0n) is 14.0. The molecule has 7 nitrogen and oxygen atoms in total. The van der Waals surface area contributed by atoms with E-state index < -0.39 is 17.8 Å². The molecule has 136 valence electrons. The summed E-state index contributed by atoms with van der Waals surface area (Å²) >= 11 is 1.33. The van der Waals surface area contributed by atoms with Crippen LogP contribution in [0.5, 0.6) is 0 Å². The van der Waals surface area contributed by atoms with Crippen LogP contribution in [-0.2, 0) is 9.59 Å². The van der Waals surface area contributed by atoms with Crippen molar-refractivity contribution in [2.45, 2.75) is 25.7 Å². The summed E-state index contributed by atoms with van der Waals surface area (Å²) in [5.74, 6) is -2.63. The maximum Gasteiger partial charge on any atom is 0.307 e. The van der Waals surface area contributed by atoms with Crippen molar-refractivity contribution in [2.24, 2.45) is 11.8 Å². The molecule has 1 aromatic carbocycles. The number of carboxylic acid groups (broad SMARTS) is 1. The van der Waals surface area contributed by atoms with Gasteiger partial charge in [-0.1, -0.05) is 12.8 Å². The Morgan fingerprint density at radius 2 is 1.73 bits per heavy atom. The Labute approximate surface area is 154 Å². The first kappa shape index (κ1) is 18.1. The number of amides is 2. The molecule has 26 heavy (non-hydrogen) atoms. The molecular formula is C18H19N3O4S. The lowest BCUT2D eigenvalue weighted by molar-refractivity contribution is -0.147. The molecule has 3 N–H and O–H groups in total. The molecule has 0 aliphatic heterocycles. The van der Waals surface area contributed by atoms with E-state index in [0.717, 1.165) is 12.8 Å². The third kappa shape index (κ3) is 4.26. The lowest BCUT2D eigenvalue weighted by atomic mass is 9.78. The number of benzene rings is 1. The van der Waals surface area contributed by atoms with Crippen molar-refractivity contribution < 1.29 is 19.5 Å². The fourth-order valence-electron chi connectivity index (χ4n) is 3.13. The zero-order valence-corrected chi connectivity index (χ0v) is 14.8. The summed E-state index contributed by atoms with van der Waals surface area (Å²) in [4.78, 5) is 39.9. The number of thiazole rings is 1. The Kier molecular flexibility index (Phi) is 5.62. The normalized spacial score (nSPS) is 19.5. The number of carboxylic acids is 1. The third-order valence-corrected chi connectivity index (χ3v) is 5.18. The van der Waals surface area contributed by atoms with E-state index in [9.17, 15) is 19.5 Å². The van der Waals surface area contributed by atoms with Gasteiger partial charge in [0.25, 0.3) is 5.91 Å². The summed E-state index contributed by atoms with van der Waals surface area (Å²) in [6, 6.07) is 6.47. The first-order chi connectivity index (χ1) is 12.5. The van der Waals surface area contributed by atoms with Crippen molar-refractivity contribution in [3.63, 3.8) is 0 Å². The van der Waals surface area contributed by atoms with Crippen molar-refractivity contribution in [1.29, 1.82) is 0 Å². The number of nitrogens with zero attached hydrogens (tertiary/aromatic N) is 1. The number of nitrogens with one attached hydrogen (secondary N) is 2. The number of aliphatic carboxylic acids is 1. The molecule has 1 fully saturated rings. The number of carbonyl (C=O) groups excluding carboxylic acids is 2. The van der Waals surface area contributed by atoms with Crippen LogP contribution in [0.25, 0.3) is 0 Å². The van der Waals surface area contributed by atoms with Crippen molar-refractivity contribution >= 4 is 39.9 Å². The van der Waals surface area contributed by atoms with Crippen LogP contribution in [0.2, 0.25) is 0 Å². The summed E-state index contributed by atoms with van der Waals surface area (Å²) < 4.78 is 0. The van der Waals surface area contributed by atoms with Gasteiger partial charge >= 0.3 is 5.97 Å². The third-order valence-electron chi connectivity index (χ3n) is 4.49.